The van der Waals surface area contributed by atoms with E-state index in [1.807, 2.05) is 6.92 Å². The number of ether oxygens (including phenoxy) is 1. The van der Waals surface area contributed by atoms with Crippen LogP contribution in [0.5, 0.6) is 0 Å². The highest BCUT2D eigenvalue weighted by molar-refractivity contribution is 7.99. The van der Waals surface area contributed by atoms with Crippen molar-refractivity contribution >= 4 is 17.7 Å². The van der Waals surface area contributed by atoms with Crippen molar-refractivity contribution in [1.82, 2.24) is 5.32 Å². The van der Waals surface area contributed by atoms with Crippen LogP contribution >= 0.6 is 11.8 Å². The Balaban J connectivity index is 3.44. The molecule has 0 aliphatic heterocycles. The van der Waals surface area contributed by atoms with Gasteiger partial charge in [-0.15, -0.1) is 11.8 Å². The number of aliphatic hydroxyl groups excluding tert-OH is 1. The predicted octanol–water partition coefficient (Wildman–Crippen LogP) is 0.253. The summed E-state index contributed by atoms with van der Waals surface area (Å²) in [4.78, 5) is 11.3. The Labute approximate surface area is 89.4 Å². The summed E-state index contributed by atoms with van der Waals surface area (Å²) in [5.41, 5.74) is 0. The zero-order chi connectivity index (χ0) is 10.8. The molecular weight excluding hydrogens is 202 g/mol. The quantitative estimate of drug-likeness (QED) is 0.577. The molecule has 14 heavy (non-hydrogen) atoms. The fraction of sp³-hybridized carbons (Fsp3) is 0.889. The Morgan fingerprint density at radius 2 is 2.36 bits per heavy atom. The van der Waals surface area contributed by atoms with Crippen LogP contribution in [0.3, 0.4) is 0 Å². The Hall–Kier alpha value is -0.260. The van der Waals surface area contributed by atoms with Gasteiger partial charge in [-0.05, 0) is 6.42 Å². The molecule has 2 N–H and O–H groups in total. The molecule has 0 bridgehead atoms. The van der Waals surface area contributed by atoms with Crippen molar-refractivity contribution in [1.29, 1.82) is 0 Å². The van der Waals surface area contributed by atoms with Crippen LogP contribution in [0.25, 0.3) is 0 Å². The lowest BCUT2D eigenvalue weighted by molar-refractivity contribution is -0.119. The van der Waals surface area contributed by atoms with Crippen molar-refractivity contribution in [2.75, 3.05) is 31.8 Å². The SMILES string of the molecule is CCC(CO)NC(=O)CSCCOC. The zero-order valence-electron chi connectivity index (χ0n) is 8.78. The van der Waals surface area contributed by atoms with Crippen LogP contribution in [-0.4, -0.2) is 48.9 Å². The molecule has 0 fully saturated rings. The lowest BCUT2D eigenvalue weighted by Gasteiger charge is -2.13. The summed E-state index contributed by atoms with van der Waals surface area (Å²) in [6, 6.07) is -0.106. The zero-order valence-corrected chi connectivity index (χ0v) is 9.60. The molecule has 0 aromatic heterocycles. The summed E-state index contributed by atoms with van der Waals surface area (Å²) in [6.07, 6.45) is 0.755. The molecule has 0 saturated carbocycles. The molecule has 0 saturated heterocycles. The van der Waals surface area contributed by atoms with Gasteiger partial charge in [0.2, 0.25) is 5.91 Å². The predicted molar refractivity (Wildman–Crippen MR) is 58.5 cm³/mol. The molecule has 84 valence electrons. The van der Waals surface area contributed by atoms with Crippen molar-refractivity contribution in [2.24, 2.45) is 0 Å². The first kappa shape index (κ1) is 13.7. The largest absolute Gasteiger partial charge is 0.394 e. The Morgan fingerprint density at radius 1 is 1.64 bits per heavy atom. The van der Waals surface area contributed by atoms with E-state index in [4.69, 9.17) is 9.84 Å². The molecule has 0 aromatic carbocycles. The van der Waals surface area contributed by atoms with E-state index >= 15 is 0 Å². The number of methoxy groups -OCH3 is 1. The highest BCUT2D eigenvalue weighted by atomic mass is 32.2. The fourth-order valence-electron chi connectivity index (χ4n) is 0.853. The van der Waals surface area contributed by atoms with E-state index in [0.717, 1.165) is 12.2 Å². The number of aliphatic hydroxyl groups is 1. The van der Waals surface area contributed by atoms with E-state index in [-0.39, 0.29) is 18.6 Å². The average Bonchev–Trinajstić information content (AvgIpc) is 2.21. The minimum atomic E-state index is -0.106. The van der Waals surface area contributed by atoms with Gasteiger partial charge in [0.15, 0.2) is 0 Å². The van der Waals surface area contributed by atoms with Gasteiger partial charge in [0.05, 0.1) is 25.0 Å². The smallest absolute Gasteiger partial charge is 0.230 e. The molecule has 0 rings (SSSR count). The third kappa shape index (κ3) is 7.17. The molecule has 1 unspecified atom stereocenters. The van der Waals surface area contributed by atoms with E-state index in [2.05, 4.69) is 5.32 Å². The van der Waals surface area contributed by atoms with Crippen LogP contribution in [-0.2, 0) is 9.53 Å². The summed E-state index contributed by atoms with van der Waals surface area (Å²) in [6.45, 7) is 2.60. The first-order valence-corrected chi connectivity index (χ1v) is 5.87. The van der Waals surface area contributed by atoms with Gasteiger partial charge in [-0.1, -0.05) is 6.92 Å². The monoisotopic (exact) mass is 221 g/mol. The van der Waals surface area contributed by atoms with Crippen molar-refractivity contribution in [3.8, 4) is 0 Å². The standard InChI is InChI=1S/C9H19NO3S/c1-3-8(6-11)10-9(12)7-14-5-4-13-2/h8,11H,3-7H2,1-2H3,(H,10,12). The second-order valence-electron chi connectivity index (χ2n) is 2.90. The van der Waals surface area contributed by atoms with Crippen LogP contribution in [0.2, 0.25) is 0 Å². The number of hydrogen-bond acceptors (Lipinski definition) is 4. The van der Waals surface area contributed by atoms with Gasteiger partial charge >= 0.3 is 0 Å². The van der Waals surface area contributed by atoms with E-state index in [9.17, 15) is 4.79 Å². The van der Waals surface area contributed by atoms with Gasteiger partial charge < -0.3 is 15.2 Å². The summed E-state index contributed by atoms with van der Waals surface area (Å²) in [7, 11) is 1.64. The maximum Gasteiger partial charge on any atom is 0.230 e. The minimum absolute atomic E-state index is 0.00494. The van der Waals surface area contributed by atoms with E-state index < -0.39 is 0 Å². The molecular formula is C9H19NO3S. The second-order valence-corrected chi connectivity index (χ2v) is 4.01. The average molecular weight is 221 g/mol. The number of thioether (sulfide) groups is 1. The number of hydrogen-bond donors (Lipinski definition) is 2. The minimum Gasteiger partial charge on any atom is -0.394 e. The van der Waals surface area contributed by atoms with Gasteiger partial charge in [-0.25, -0.2) is 0 Å². The molecule has 1 amide bonds. The van der Waals surface area contributed by atoms with Gasteiger partial charge in [0.25, 0.3) is 0 Å². The van der Waals surface area contributed by atoms with Crippen LogP contribution in [0.15, 0.2) is 0 Å². The molecule has 4 nitrogen and oxygen atoms in total. The maximum absolute atomic E-state index is 11.3. The third-order valence-electron chi connectivity index (χ3n) is 1.74. The lowest BCUT2D eigenvalue weighted by Crippen LogP contribution is -2.38. The number of rotatable bonds is 8. The Bertz CT molecular complexity index is 151. The molecule has 0 spiro atoms. The second kappa shape index (κ2) is 9.30. The number of carbonyl (C=O) groups is 1. The van der Waals surface area contributed by atoms with Gasteiger partial charge in [-0.2, -0.15) is 0 Å². The summed E-state index contributed by atoms with van der Waals surface area (Å²) in [5, 5.41) is 11.6. The van der Waals surface area contributed by atoms with Crippen molar-refractivity contribution in [3.63, 3.8) is 0 Å². The summed E-state index contributed by atoms with van der Waals surface area (Å²) >= 11 is 1.53. The molecule has 0 aliphatic carbocycles. The van der Waals surface area contributed by atoms with Gasteiger partial charge in [0.1, 0.15) is 0 Å². The first-order chi connectivity index (χ1) is 6.74. The van der Waals surface area contributed by atoms with Gasteiger partial charge in [-0.3, -0.25) is 4.79 Å². The van der Waals surface area contributed by atoms with Crippen LogP contribution < -0.4 is 5.32 Å². The van der Waals surface area contributed by atoms with Gasteiger partial charge in [0, 0.05) is 12.9 Å². The Kier molecular flexibility index (Phi) is 9.13. The number of carbonyl (C=O) groups excluding carboxylic acids is 1. The van der Waals surface area contributed by atoms with E-state index in [1.54, 1.807) is 7.11 Å². The topological polar surface area (TPSA) is 58.6 Å². The molecule has 0 aromatic rings. The van der Waals surface area contributed by atoms with E-state index in [0.29, 0.717) is 12.4 Å². The molecule has 5 heteroatoms. The molecule has 0 radical (unpaired) electrons. The Morgan fingerprint density at radius 3 is 2.86 bits per heavy atom. The van der Waals surface area contributed by atoms with Crippen LogP contribution in [0.4, 0.5) is 0 Å². The number of amides is 1. The maximum atomic E-state index is 11.3. The molecule has 1 atom stereocenters. The van der Waals surface area contributed by atoms with Crippen LogP contribution in [0.1, 0.15) is 13.3 Å². The molecule has 0 heterocycles. The lowest BCUT2D eigenvalue weighted by atomic mass is 10.2. The van der Waals surface area contributed by atoms with Crippen molar-refractivity contribution < 1.29 is 14.6 Å². The normalized spacial score (nSPS) is 12.5. The fourth-order valence-corrected chi connectivity index (χ4v) is 1.55. The van der Waals surface area contributed by atoms with E-state index in [1.165, 1.54) is 11.8 Å². The van der Waals surface area contributed by atoms with Crippen LogP contribution in [0, 0.1) is 0 Å². The third-order valence-corrected chi connectivity index (χ3v) is 2.66. The highest BCUT2D eigenvalue weighted by Gasteiger charge is 2.08. The summed E-state index contributed by atoms with van der Waals surface area (Å²) < 4.78 is 4.85. The summed E-state index contributed by atoms with van der Waals surface area (Å²) in [5.74, 6) is 1.23. The van der Waals surface area contributed by atoms with Crippen molar-refractivity contribution in [2.45, 2.75) is 19.4 Å². The molecule has 0 aliphatic rings. The first-order valence-electron chi connectivity index (χ1n) is 4.71. The van der Waals surface area contributed by atoms with Crippen molar-refractivity contribution in [3.05, 3.63) is 0 Å². The highest BCUT2D eigenvalue weighted by Crippen LogP contribution is 1.99. The number of nitrogens with one attached hydrogen (secondary N) is 1.